The summed E-state index contributed by atoms with van der Waals surface area (Å²) in [5.41, 5.74) is 1.29. The fourth-order valence-corrected chi connectivity index (χ4v) is 5.12. The first-order chi connectivity index (χ1) is 8.63. The van der Waals surface area contributed by atoms with Crippen molar-refractivity contribution < 1.29 is 0 Å². The Morgan fingerprint density at radius 1 is 1.17 bits per heavy atom. The van der Waals surface area contributed by atoms with Gasteiger partial charge in [0.1, 0.15) is 0 Å². The Morgan fingerprint density at radius 3 is 2.61 bits per heavy atom. The molecule has 0 heterocycles. The molecule has 2 saturated carbocycles. The molecule has 1 aromatic rings. The largest absolute Gasteiger partial charge is 0.0884 e. The van der Waals surface area contributed by atoms with E-state index in [0.717, 1.165) is 24.2 Å². The minimum Gasteiger partial charge on any atom is -0.0884 e. The van der Waals surface area contributed by atoms with E-state index in [9.17, 15) is 0 Å². The minimum atomic E-state index is 0.588. The molecule has 2 bridgehead atoms. The van der Waals surface area contributed by atoms with Crippen molar-refractivity contribution in [3.8, 4) is 0 Å². The zero-order chi connectivity index (χ0) is 12.7. The first kappa shape index (κ1) is 13.3. The molecule has 0 radical (unpaired) electrons. The number of fused-ring (bicyclic) bond motifs is 2. The van der Waals surface area contributed by atoms with Crippen molar-refractivity contribution in [1.29, 1.82) is 0 Å². The van der Waals surface area contributed by atoms with E-state index in [4.69, 9.17) is 23.2 Å². The van der Waals surface area contributed by atoms with Crippen LogP contribution in [0.3, 0.4) is 0 Å². The van der Waals surface area contributed by atoms with Crippen LogP contribution in [0.5, 0.6) is 0 Å². The quantitative estimate of drug-likeness (QED) is 0.612. The van der Waals surface area contributed by atoms with Gasteiger partial charge in [-0.25, -0.2) is 0 Å². The van der Waals surface area contributed by atoms with Crippen molar-refractivity contribution in [3.05, 3.63) is 33.8 Å². The molecule has 1 aromatic carbocycles. The normalized spacial score (nSPS) is 31.8. The molecular formula is C15H17BrCl2. The Balaban J connectivity index is 1.67. The first-order valence-electron chi connectivity index (χ1n) is 6.71. The van der Waals surface area contributed by atoms with Gasteiger partial charge in [0.25, 0.3) is 0 Å². The van der Waals surface area contributed by atoms with Crippen LogP contribution in [-0.2, 0) is 6.42 Å². The molecular weight excluding hydrogens is 331 g/mol. The van der Waals surface area contributed by atoms with Crippen LogP contribution in [-0.4, -0.2) is 4.83 Å². The molecule has 3 rings (SSSR count). The van der Waals surface area contributed by atoms with Gasteiger partial charge in [-0.2, -0.15) is 0 Å². The number of halogens is 3. The van der Waals surface area contributed by atoms with E-state index in [0.29, 0.717) is 14.9 Å². The van der Waals surface area contributed by atoms with Gasteiger partial charge in [0.05, 0.1) is 10.0 Å². The van der Waals surface area contributed by atoms with Crippen molar-refractivity contribution in [1.82, 2.24) is 0 Å². The summed E-state index contributed by atoms with van der Waals surface area (Å²) in [6, 6.07) is 6.00. The second-order valence-electron chi connectivity index (χ2n) is 5.81. The van der Waals surface area contributed by atoms with Gasteiger partial charge >= 0.3 is 0 Å². The van der Waals surface area contributed by atoms with E-state index in [2.05, 4.69) is 22.0 Å². The predicted molar refractivity (Wildman–Crippen MR) is 81.8 cm³/mol. The molecule has 0 amide bonds. The second-order valence-corrected chi connectivity index (χ2v) is 7.80. The lowest BCUT2D eigenvalue weighted by molar-refractivity contribution is 0.326. The van der Waals surface area contributed by atoms with Gasteiger partial charge in [0, 0.05) is 4.83 Å². The molecule has 2 aliphatic carbocycles. The Bertz CT molecular complexity index is 446. The molecule has 0 aromatic heterocycles. The summed E-state index contributed by atoms with van der Waals surface area (Å²) < 4.78 is 0. The van der Waals surface area contributed by atoms with E-state index in [1.54, 1.807) is 0 Å². The predicted octanol–water partition coefficient (Wildman–Crippen LogP) is 5.74. The van der Waals surface area contributed by atoms with E-state index in [-0.39, 0.29) is 0 Å². The molecule has 0 spiro atoms. The highest BCUT2D eigenvalue weighted by Crippen LogP contribution is 2.51. The summed E-state index contributed by atoms with van der Waals surface area (Å²) in [7, 11) is 0. The fourth-order valence-electron chi connectivity index (χ4n) is 3.78. The van der Waals surface area contributed by atoms with Gasteiger partial charge in [-0.3, -0.25) is 0 Å². The van der Waals surface area contributed by atoms with E-state index >= 15 is 0 Å². The highest BCUT2D eigenvalue weighted by Gasteiger charge is 2.42. The summed E-state index contributed by atoms with van der Waals surface area (Å²) in [5.74, 6) is 2.83. The van der Waals surface area contributed by atoms with Crippen LogP contribution in [0.4, 0.5) is 0 Å². The SMILES string of the molecule is Clc1ccc(CC(Br)C2CC3CCC2C3)cc1Cl. The minimum absolute atomic E-state index is 0.588. The molecule has 4 unspecified atom stereocenters. The standard InChI is InChI=1S/C15H17BrCl2/c16-13(12-6-9-1-3-11(12)5-9)7-10-2-4-14(17)15(18)8-10/h2,4,8-9,11-13H,1,3,5-7H2. The molecule has 0 nitrogen and oxygen atoms in total. The topological polar surface area (TPSA) is 0 Å². The lowest BCUT2D eigenvalue weighted by Gasteiger charge is -2.26. The van der Waals surface area contributed by atoms with Crippen LogP contribution >= 0.6 is 39.1 Å². The van der Waals surface area contributed by atoms with Gasteiger partial charge in [-0.1, -0.05) is 51.6 Å². The molecule has 3 heteroatoms. The molecule has 2 fully saturated rings. The second kappa shape index (κ2) is 5.34. The van der Waals surface area contributed by atoms with Crippen LogP contribution in [0.1, 0.15) is 31.2 Å². The third-order valence-electron chi connectivity index (χ3n) is 4.67. The van der Waals surface area contributed by atoms with Crippen molar-refractivity contribution in [2.45, 2.75) is 36.9 Å². The lowest BCUT2D eigenvalue weighted by atomic mass is 9.84. The summed E-state index contributed by atoms with van der Waals surface area (Å²) in [6.07, 6.45) is 6.85. The Hall–Kier alpha value is 0.280. The molecule has 0 saturated heterocycles. The van der Waals surface area contributed by atoms with Crippen LogP contribution < -0.4 is 0 Å². The zero-order valence-corrected chi connectivity index (χ0v) is 13.3. The maximum atomic E-state index is 6.07. The van der Waals surface area contributed by atoms with Crippen molar-refractivity contribution in [3.63, 3.8) is 0 Å². The van der Waals surface area contributed by atoms with Crippen LogP contribution in [0.25, 0.3) is 0 Å². The van der Waals surface area contributed by atoms with Crippen LogP contribution in [0.2, 0.25) is 10.0 Å². The third kappa shape index (κ3) is 2.59. The van der Waals surface area contributed by atoms with Crippen molar-refractivity contribution in [2.75, 3.05) is 0 Å². The van der Waals surface area contributed by atoms with Gasteiger partial charge in [0.2, 0.25) is 0 Å². The highest BCUT2D eigenvalue weighted by atomic mass is 79.9. The number of hydrogen-bond donors (Lipinski definition) is 0. The Kier molecular flexibility index (Phi) is 3.94. The smallest absolute Gasteiger partial charge is 0.0595 e. The third-order valence-corrected chi connectivity index (χ3v) is 6.41. The summed E-state index contributed by atoms with van der Waals surface area (Å²) >= 11 is 15.9. The summed E-state index contributed by atoms with van der Waals surface area (Å²) in [5, 5.41) is 1.31. The monoisotopic (exact) mass is 346 g/mol. The Morgan fingerprint density at radius 2 is 2.00 bits per heavy atom. The van der Waals surface area contributed by atoms with Gasteiger partial charge < -0.3 is 0 Å². The summed E-state index contributed by atoms with van der Waals surface area (Å²) in [6.45, 7) is 0. The van der Waals surface area contributed by atoms with Gasteiger partial charge in [-0.15, -0.1) is 0 Å². The van der Waals surface area contributed by atoms with Crippen LogP contribution in [0, 0.1) is 17.8 Å². The number of benzene rings is 1. The number of hydrogen-bond acceptors (Lipinski definition) is 0. The van der Waals surface area contributed by atoms with E-state index in [1.165, 1.54) is 31.2 Å². The van der Waals surface area contributed by atoms with Crippen molar-refractivity contribution >= 4 is 39.1 Å². The molecule has 18 heavy (non-hydrogen) atoms. The van der Waals surface area contributed by atoms with Gasteiger partial charge in [-0.05, 0) is 61.1 Å². The molecule has 4 atom stereocenters. The molecule has 98 valence electrons. The van der Waals surface area contributed by atoms with E-state index in [1.807, 2.05) is 12.1 Å². The average Bonchev–Trinajstić information content (AvgIpc) is 2.96. The maximum absolute atomic E-state index is 6.07. The van der Waals surface area contributed by atoms with Gasteiger partial charge in [0.15, 0.2) is 0 Å². The zero-order valence-electron chi connectivity index (χ0n) is 10.2. The van der Waals surface area contributed by atoms with Crippen molar-refractivity contribution in [2.24, 2.45) is 17.8 Å². The Labute approximate surface area is 127 Å². The van der Waals surface area contributed by atoms with Crippen LogP contribution in [0.15, 0.2) is 18.2 Å². The first-order valence-corrected chi connectivity index (χ1v) is 8.38. The number of rotatable bonds is 3. The number of alkyl halides is 1. The maximum Gasteiger partial charge on any atom is 0.0595 e. The highest BCUT2D eigenvalue weighted by molar-refractivity contribution is 9.09. The molecule has 0 aliphatic heterocycles. The fraction of sp³-hybridized carbons (Fsp3) is 0.600. The van der Waals surface area contributed by atoms with E-state index < -0.39 is 0 Å². The molecule has 2 aliphatic rings. The summed E-state index contributed by atoms with van der Waals surface area (Å²) in [4.78, 5) is 0.588. The average molecular weight is 348 g/mol. The molecule has 0 N–H and O–H groups in total. The lowest BCUT2D eigenvalue weighted by Crippen LogP contribution is -2.22.